The third-order valence-corrected chi connectivity index (χ3v) is 4.63. The largest absolute Gasteiger partial charge is 0.367 e. The zero-order valence-electron chi connectivity index (χ0n) is 14.1. The van der Waals surface area contributed by atoms with E-state index in [2.05, 4.69) is 52.6 Å². The molecule has 1 aliphatic carbocycles. The number of rotatable bonds is 4. The van der Waals surface area contributed by atoms with E-state index in [1.165, 1.54) is 49.7 Å². The number of nitrogens with zero attached hydrogens (tertiary/aromatic N) is 2. The van der Waals surface area contributed by atoms with Gasteiger partial charge in [-0.2, -0.15) is 4.98 Å². The summed E-state index contributed by atoms with van der Waals surface area (Å²) in [4.78, 5) is 8.95. The summed E-state index contributed by atoms with van der Waals surface area (Å²) in [5.74, 6) is 1.56. The van der Waals surface area contributed by atoms with Crippen LogP contribution in [0.2, 0.25) is 0 Å². The molecule has 1 heterocycles. The Hall–Kier alpha value is -2.10. The van der Waals surface area contributed by atoms with Gasteiger partial charge in [0.05, 0.1) is 0 Å². The molecule has 0 unspecified atom stereocenters. The van der Waals surface area contributed by atoms with Gasteiger partial charge in [-0.25, -0.2) is 4.98 Å². The van der Waals surface area contributed by atoms with Crippen molar-refractivity contribution in [3.63, 3.8) is 0 Å². The molecule has 0 radical (unpaired) electrons. The molecule has 3 rings (SSSR count). The third kappa shape index (κ3) is 4.44. The number of nitrogens with one attached hydrogen (secondary N) is 2. The maximum absolute atomic E-state index is 4.61. The van der Waals surface area contributed by atoms with Crippen molar-refractivity contribution in [2.45, 2.75) is 58.4 Å². The van der Waals surface area contributed by atoms with Crippen molar-refractivity contribution < 1.29 is 0 Å². The monoisotopic (exact) mass is 310 g/mol. The first-order chi connectivity index (χ1) is 11.2. The lowest BCUT2D eigenvalue weighted by atomic mass is 10.1. The van der Waals surface area contributed by atoms with Gasteiger partial charge in [0.15, 0.2) is 0 Å². The van der Waals surface area contributed by atoms with E-state index >= 15 is 0 Å². The molecule has 23 heavy (non-hydrogen) atoms. The lowest BCUT2D eigenvalue weighted by Crippen LogP contribution is -2.19. The summed E-state index contributed by atoms with van der Waals surface area (Å²) >= 11 is 0. The van der Waals surface area contributed by atoms with Gasteiger partial charge in [-0.1, -0.05) is 31.7 Å². The average molecular weight is 310 g/mol. The van der Waals surface area contributed by atoms with Gasteiger partial charge in [-0.05, 0) is 56.0 Å². The Morgan fingerprint density at radius 3 is 2.48 bits per heavy atom. The van der Waals surface area contributed by atoms with E-state index in [1.807, 2.05) is 12.3 Å². The fraction of sp³-hybridized carbons (Fsp3) is 0.474. The molecule has 122 valence electrons. The van der Waals surface area contributed by atoms with Crippen molar-refractivity contribution in [2.75, 3.05) is 10.6 Å². The zero-order chi connectivity index (χ0) is 16.1. The van der Waals surface area contributed by atoms with Crippen LogP contribution in [0.5, 0.6) is 0 Å². The Balaban J connectivity index is 1.67. The highest BCUT2D eigenvalue weighted by atomic mass is 15.1. The van der Waals surface area contributed by atoms with Gasteiger partial charge in [0.25, 0.3) is 0 Å². The summed E-state index contributed by atoms with van der Waals surface area (Å²) in [5, 5.41) is 6.88. The van der Waals surface area contributed by atoms with Crippen molar-refractivity contribution in [3.8, 4) is 0 Å². The molecule has 0 atom stereocenters. The first-order valence-corrected chi connectivity index (χ1v) is 8.64. The summed E-state index contributed by atoms with van der Waals surface area (Å²) < 4.78 is 0. The molecule has 1 fully saturated rings. The van der Waals surface area contributed by atoms with E-state index in [4.69, 9.17) is 0 Å². The number of aryl methyl sites for hydroxylation is 2. The molecule has 0 amide bonds. The smallest absolute Gasteiger partial charge is 0.229 e. The topological polar surface area (TPSA) is 49.8 Å². The second kappa shape index (κ2) is 7.44. The van der Waals surface area contributed by atoms with E-state index in [1.54, 1.807) is 0 Å². The molecule has 1 aromatic heterocycles. The Morgan fingerprint density at radius 2 is 1.74 bits per heavy atom. The minimum atomic E-state index is 0.543. The van der Waals surface area contributed by atoms with Crippen LogP contribution in [-0.2, 0) is 0 Å². The van der Waals surface area contributed by atoms with Crippen LogP contribution >= 0.6 is 0 Å². The van der Waals surface area contributed by atoms with Crippen LogP contribution in [0.1, 0.15) is 49.7 Å². The molecule has 1 aliphatic rings. The Bertz CT molecular complexity index is 646. The van der Waals surface area contributed by atoms with Gasteiger partial charge >= 0.3 is 0 Å². The lowest BCUT2D eigenvalue weighted by molar-refractivity contribution is 0.617. The zero-order valence-corrected chi connectivity index (χ0v) is 14.1. The molecule has 0 saturated heterocycles. The number of anilines is 3. The first kappa shape index (κ1) is 15.8. The molecule has 4 nitrogen and oxygen atoms in total. The Kier molecular flexibility index (Phi) is 5.11. The number of hydrogen-bond donors (Lipinski definition) is 2. The van der Waals surface area contributed by atoms with E-state index in [0.29, 0.717) is 12.0 Å². The molecule has 2 N–H and O–H groups in total. The molecular weight excluding hydrogens is 284 g/mol. The van der Waals surface area contributed by atoms with Crippen molar-refractivity contribution in [1.82, 2.24) is 9.97 Å². The van der Waals surface area contributed by atoms with Crippen LogP contribution in [0.25, 0.3) is 0 Å². The highest BCUT2D eigenvalue weighted by Crippen LogP contribution is 2.22. The van der Waals surface area contributed by atoms with E-state index in [9.17, 15) is 0 Å². The second-order valence-corrected chi connectivity index (χ2v) is 6.52. The van der Waals surface area contributed by atoms with Crippen molar-refractivity contribution in [3.05, 3.63) is 41.6 Å². The number of aromatic nitrogens is 2. The second-order valence-electron chi connectivity index (χ2n) is 6.52. The predicted molar refractivity (Wildman–Crippen MR) is 96.3 cm³/mol. The van der Waals surface area contributed by atoms with E-state index in [-0.39, 0.29) is 0 Å². The van der Waals surface area contributed by atoms with Crippen LogP contribution in [0.4, 0.5) is 17.5 Å². The van der Waals surface area contributed by atoms with Crippen LogP contribution in [0.15, 0.2) is 30.5 Å². The quantitative estimate of drug-likeness (QED) is 0.783. The standard InChI is InChI=1S/C19H26N4/c1-14-9-10-17(13-15(14)2)22-19-20-12-11-18(23-19)21-16-7-5-3-4-6-8-16/h9-13,16H,3-8H2,1-2H3,(H2,20,21,22,23). The summed E-state index contributed by atoms with van der Waals surface area (Å²) in [6, 6.07) is 8.81. The van der Waals surface area contributed by atoms with Crippen LogP contribution < -0.4 is 10.6 Å². The summed E-state index contributed by atoms with van der Waals surface area (Å²) in [6.45, 7) is 4.23. The molecular formula is C19H26N4. The van der Waals surface area contributed by atoms with Crippen LogP contribution in [-0.4, -0.2) is 16.0 Å². The van der Waals surface area contributed by atoms with Gasteiger partial charge in [0, 0.05) is 17.9 Å². The highest BCUT2D eigenvalue weighted by Gasteiger charge is 2.12. The van der Waals surface area contributed by atoms with Gasteiger partial charge in [-0.3, -0.25) is 0 Å². The fourth-order valence-electron chi connectivity index (χ4n) is 3.08. The van der Waals surface area contributed by atoms with Crippen molar-refractivity contribution in [1.29, 1.82) is 0 Å². The third-order valence-electron chi connectivity index (χ3n) is 4.63. The number of hydrogen-bond acceptors (Lipinski definition) is 4. The summed E-state index contributed by atoms with van der Waals surface area (Å²) in [7, 11) is 0. The molecule has 0 spiro atoms. The van der Waals surface area contributed by atoms with Crippen molar-refractivity contribution in [2.24, 2.45) is 0 Å². The SMILES string of the molecule is Cc1ccc(Nc2nccc(NC3CCCCCC3)n2)cc1C. The molecule has 0 bridgehead atoms. The van der Waals surface area contributed by atoms with Gasteiger partial charge in [0.1, 0.15) is 5.82 Å². The minimum Gasteiger partial charge on any atom is -0.367 e. The maximum Gasteiger partial charge on any atom is 0.229 e. The van der Waals surface area contributed by atoms with Crippen LogP contribution in [0, 0.1) is 13.8 Å². The molecule has 2 aromatic rings. The Morgan fingerprint density at radius 1 is 0.957 bits per heavy atom. The summed E-state index contributed by atoms with van der Waals surface area (Å²) in [5.41, 5.74) is 3.59. The molecule has 1 aromatic carbocycles. The lowest BCUT2D eigenvalue weighted by Gasteiger charge is -2.17. The predicted octanol–water partition coefficient (Wildman–Crippen LogP) is 4.97. The summed E-state index contributed by atoms with van der Waals surface area (Å²) in [6.07, 6.45) is 9.65. The molecule has 0 aliphatic heterocycles. The van der Waals surface area contributed by atoms with Gasteiger partial charge < -0.3 is 10.6 Å². The van der Waals surface area contributed by atoms with E-state index < -0.39 is 0 Å². The first-order valence-electron chi connectivity index (χ1n) is 8.64. The van der Waals surface area contributed by atoms with Gasteiger partial charge in [0.2, 0.25) is 5.95 Å². The molecule has 4 heteroatoms. The van der Waals surface area contributed by atoms with Gasteiger partial charge in [-0.15, -0.1) is 0 Å². The minimum absolute atomic E-state index is 0.543. The maximum atomic E-state index is 4.61. The highest BCUT2D eigenvalue weighted by molar-refractivity contribution is 5.56. The van der Waals surface area contributed by atoms with Crippen molar-refractivity contribution >= 4 is 17.5 Å². The Labute approximate surface area is 138 Å². The van der Waals surface area contributed by atoms with Crippen LogP contribution in [0.3, 0.4) is 0 Å². The average Bonchev–Trinajstić information content (AvgIpc) is 2.80. The normalized spacial score (nSPS) is 15.9. The van der Waals surface area contributed by atoms with E-state index in [0.717, 1.165) is 11.5 Å². The fourth-order valence-corrected chi connectivity index (χ4v) is 3.08. The number of benzene rings is 1. The molecule has 1 saturated carbocycles.